The maximum Gasteiger partial charge on any atom is 0.0742 e. The number of rotatable bonds is 7. The van der Waals surface area contributed by atoms with Crippen molar-refractivity contribution in [1.82, 2.24) is 4.90 Å². The normalized spacial score (nSPS) is 13.2. The molecule has 0 aliphatic carbocycles. The second kappa shape index (κ2) is 7.59. The van der Waals surface area contributed by atoms with Crippen molar-refractivity contribution in [2.24, 2.45) is 5.73 Å². The lowest BCUT2D eigenvalue weighted by molar-refractivity contribution is 0.265. The van der Waals surface area contributed by atoms with Gasteiger partial charge in [0.1, 0.15) is 0 Å². The molecule has 78 valence electrons. The predicted octanol–water partition coefficient (Wildman–Crippen LogP) is 1.74. The van der Waals surface area contributed by atoms with E-state index in [9.17, 15) is 0 Å². The molecular formula is C9H20N2S2. The molecule has 4 heteroatoms. The van der Waals surface area contributed by atoms with Crippen LogP contribution < -0.4 is 5.73 Å². The fourth-order valence-corrected chi connectivity index (χ4v) is 1.78. The fourth-order valence-electron chi connectivity index (χ4n) is 1.13. The highest BCUT2D eigenvalue weighted by Crippen LogP contribution is 2.04. The van der Waals surface area contributed by atoms with Crippen LogP contribution in [0.4, 0.5) is 0 Å². The highest BCUT2D eigenvalue weighted by Gasteiger charge is 2.08. The molecular weight excluding hydrogens is 200 g/mol. The van der Waals surface area contributed by atoms with E-state index < -0.39 is 0 Å². The van der Waals surface area contributed by atoms with Crippen LogP contribution in [0.15, 0.2) is 0 Å². The van der Waals surface area contributed by atoms with E-state index in [0.717, 1.165) is 13.0 Å². The van der Waals surface area contributed by atoms with Gasteiger partial charge in [0.15, 0.2) is 0 Å². The van der Waals surface area contributed by atoms with Crippen molar-refractivity contribution in [3.63, 3.8) is 0 Å². The van der Waals surface area contributed by atoms with Gasteiger partial charge in [0.2, 0.25) is 0 Å². The van der Waals surface area contributed by atoms with Gasteiger partial charge in [-0.15, -0.1) is 0 Å². The summed E-state index contributed by atoms with van der Waals surface area (Å²) in [5, 5.41) is 0. The van der Waals surface area contributed by atoms with E-state index in [1.165, 1.54) is 12.2 Å². The summed E-state index contributed by atoms with van der Waals surface area (Å²) < 4.78 is 0. The monoisotopic (exact) mass is 220 g/mol. The zero-order valence-corrected chi connectivity index (χ0v) is 10.4. The van der Waals surface area contributed by atoms with E-state index in [0.29, 0.717) is 11.0 Å². The summed E-state index contributed by atoms with van der Waals surface area (Å²) in [6.07, 6.45) is 4.20. The molecule has 0 saturated heterocycles. The molecule has 0 amide bonds. The van der Waals surface area contributed by atoms with Gasteiger partial charge in [-0.25, -0.2) is 0 Å². The van der Waals surface area contributed by atoms with Gasteiger partial charge in [-0.1, -0.05) is 12.2 Å². The first-order valence-electron chi connectivity index (χ1n) is 4.55. The van der Waals surface area contributed by atoms with Crippen LogP contribution in [-0.2, 0) is 0 Å². The Morgan fingerprint density at radius 1 is 1.62 bits per heavy atom. The lowest BCUT2D eigenvalue weighted by Crippen LogP contribution is -2.33. The average molecular weight is 220 g/mol. The molecule has 0 aliphatic heterocycles. The van der Waals surface area contributed by atoms with Gasteiger partial charge in [-0.2, -0.15) is 11.8 Å². The molecule has 1 atom stereocenters. The standard InChI is InChI=1S/C9H20N2S2/c1-8(7-9(10)12)11(2)5-4-6-13-3/h8H,4-7H2,1-3H3,(H2,10,12). The van der Waals surface area contributed by atoms with E-state index in [1.807, 2.05) is 11.8 Å². The van der Waals surface area contributed by atoms with E-state index in [4.69, 9.17) is 18.0 Å². The lowest BCUT2D eigenvalue weighted by Gasteiger charge is -2.23. The minimum Gasteiger partial charge on any atom is -0.393 e. The van der Waals surface area contributed by atoms with Gasteiger partial charge in [-0.3, -0.25) is 0 Å². The summed E-state index contributed by atoms with van der Waals surface area (Å²) >= 11 is 6.77. The number of nitrogens with two attached hydrogens (primary N) is 1. The van der Waals surface area contributed by atoms with Gasteiger partial charge in [0.05, 0.1) is 4.99 Å². The van der Waals surface area contributed by atoms with Crippen LogP contribution in [0, 0.1) is 0 Å². The van der Waals surface area contributed by atoms with Gasteiger partial charge in [0.25, 0.3) is 0 Å². The molecule has 0 aromatic carbocycles. The third kappa shape index (κ3) is 7.28. The number of thiocarbonyl (C=S) groups is 1. The average Bonchev–Trinajstić information content (AvgIpc) is 2.03. The molecule has 13 heavy (non-hydrogen) atoms. The Balaban J connectivity index is 3.56. The van der Waals surface area contributed by atoms with Crippen LogP contribution in [0.5, 0.6) is 0 Å². The molecule has 2 N–H and O–H groups in total. The SMILES string of the molecule is CSCCCN(C)C(C)CC(N)=S. The summed E-state index contributed by atoms with van der Waals surface area (Å²) in [5.74, 6) is 1.23. The first-order chi connectivity index (χ1) is 6.07. The quantitative estimate of drug-likeness (QED) is 0.523. The van der Waals surface area contributed by atoms with Crippen LogP contribution >= 0.6 is 24.0 Å². The van der Waals surface area contributed by atoms with Gasteiger partial charge >= 0.3 is 0 Å². The number of hydrogen-bond donors (Lipinski definition) is 1. The summed E-state index contributed by atoms with van der Waals surface area (Å²) in [7, 11) is 2.13. The summed E-state index contributed by atoms with van der Waals surface area (Å²) in [5.41, 5.74) is 5.49. The maximum atomic E-state index is 5.49. The predicted molar refractivity (Wildman–Crippen MR) is 66.5 cm³/mol. The molecule has 0 heterocycles. The highest BCUT2D eigenvalue weighted by molar-refractivity contribution is 7.98. The topological polar surface area (TPSA) is 29.3 Å². The van der Waals surface area contributed by atoms with Gasteiger partial charge < -0.3 is 10.6 Å². The Bertz CT molecular complexity index is 151. The van der Waals surface area contributed by atoms with Crippen LogP contribution in [0.1, 0.15) is 19.8 Å². The van der Waals surface area contributed by atoms with Gasteiger partial charge in [-0.05, 0) is 38.9 Å². The summed E-state index contributed by atoms with van der Waals surface area (Å²) in [6, 6.07) is 0.472. The second-order valence-electron chi connectivity index (χ2n) is 3.35. The minimum atomic E-state index is 0.472. The Hall–Kier alpha value is 0.200. The Kier molecular flexibility index (Phi) is 7.71. The highest BCUT2D eigenvalue weighted by atomic mass is 32.2. The Morgan fingerprint density at radius 3 is 2.69 bits per heavy atom. The molecule has 0 bridgehead atoms. The third-order valence-corrected chi connectivity index (χ3v) is 2.97. The smallest absolute Gasteiger partial charge is 0.0742 e. The minimum absolute atomic E-state index is 0.472. The number of hydrogen-bond acceptors (Lipinski definition) is 3. The van der Waals surface area contributed by atoms with Crippen molar-refractivity contribution in [2.45, 2.75) is 25.8 Å². The summed E-state index contributed by atoms with van der Waals surface area (Å²) in [4.78, 5) is 2.93. The summed E-state index contributed by atoms with van der Waals surface area (Å²) in [6.45, 7) is 3.29. The molecule has 0 aliphatic rings. The van der Waals surface area contributed by atoms with Crippen molar-refractivity contribution < 1.29 is 0 Å². The zero-order chi connectivity index (χ0) is 10.3. The maximum absolute atomic E-state index is 5.49. The van der Waals surface area contributed by atoms with Crippen molar-refractivity contribution in [3.8, 4) is 0 Å². The molecule has 0 saturated carbocycles. The van der Waals surface area contributed by atoms with Crippen LogP contribution in [0.3, 0.4) is 0 Å². The molecule has 0 fully saturated rings. The van der Waals surface area contributed by atoms with Gasteiger partial charge in [0, 0.05) is 12.5 Å². The number of thioether (sulfide) groups is 1. The van der Waals surface area contributed by atoms with E-state index >= 15 is 0 Å². The molecule has 0 spiro atoms. The zero-order valence-electron chi connectivity index (χ0n) is 8.75. The van der Waals surface area contributed by atoms with Crippen molar-refractivity contribution in [2.75, 3.05) is 25.6 Å². The van der Waals surface area contributed by atoms with E-state index in [-0.39, 0.29) is 0 Å². The Labute approximate surface area is 91.2 Å². The molecule has 1 unspecified atom stereocenters. The van der Waals surface area contributed by atoms with Crippen LogP contribution in [-0.4, -0.2) is 41.5 Å². The lowest BCUT2D eigenvalue weighted by atomic mass is 10.2. The first kappa shape index (κ1) is 13.2. The van der Waals surface area contributed by atoms with Crippen molar-refractivity contribution >= 4 is 29.0 Å². The van der Waals surface area contributed by atoms with Crippen molar-refractivity contribution in [3.05, 3.63) is 0 Å². The van der Waals surface area contributed by atoms with E-state index in [1.54, 1.807) is 0 Å². The third-order valence-electron chi connectivity index (χ3n) is 2.11. The Morgan fingerprint density at radius 2 is 2.23 bits per heavy atom. The van der Waals surface area contributed by atoms with Crippen molar-refractivity contribution in [1.29, 1.82) is 0 Å². The molecule has 0 aromatic heterocycles. The van der Waals surface area contributed by atoms with Crippen LogP contribution in [0.25, 0.3) is 0 Å². The molecule has 0 radical (unpaired) electrons. The largest absolute Gasteiger partial charge is 0.393 e. The number of nitrogens with zero attached hydrogens (tertiary/aromatic N) is 1. The molecule has 2 nitrogen and oxygen atoms in total. The van der Waals surface area contributed by atoms with Crippen LogP contribution in [0.2, 0.25) is 0 Å². The molecule has 0 aromatic rings. The van der Waals surface area contributed by atoms with E-state index in [2.05, 4.69) is 25.1 Å². The first-order valence-corrected chi connectivity index (χ1v) is 6.35. The fraction of sp³-hybridized carbons (Fsp3) is 0.889. The second-order valence-corrected chi connectivity index (χ2v) is 4.86. The molecule has 0 rings (SSSR count).